The summed E-state index contributed by atoms with van der Waals surface area (Å²) in [6.07, 6.45) is 4.44. The van der Waals surface area contributed by atoms with Crippen molar-refractivity contribution < 1.29 is 18.0 Å². The molecular formula is C20H23ClN4O4S. The number of rotatable bonds is 7. The van der Waals surface area contributed by atoms with E-state index in [1.807, 2.05) is 0 Å². The van der Waals surface area contributed by atoms with Crippen molar-refractivity contribution in [2.45, 2.75) is 24.2 Å². The van der Waals surface area contributed by atoms with Gasteiger partial charge in [-0.3, -0.25) is 14.6 Å². The molecule has 30 heavy (non-hydrogen) atoms. The van der Waals surface area contributed by atoms with Gasteiger partial charge in [-0.2, -0.15) is 4.31 Å². The number of piperidine rings is 1. The van der Waals surface area contributed by atoms with E-state index in [0.29, 0.717) is 30.1 Å². The SMILES string of the molecule is O=C(CCNC(=O)C1CCCN(S(=O)(=O)c2ccc(Cl)cc2)C1)Nc1cccnc1. The third kappa shape index (κ3) is 5.78. The lowest BCUT2D eigenvalue weighted by atomic mass is 9.99. The normalized spacial score (nSPS) is 17.3. The van der Waals surface area contributed by atoms with Crippen molar-refractivity contribution in [3.63, 3.8) is 0 Å². The summed E-state index contributed by atoms with van der Waals surface area (Å²) in [5.41, 5.74) is 0.587. The molecule has 1 aliphatic rings. The largest absolute Gasteiger partial charge is 0.355 e. The summed E-state index contributed by atoms with van der Waals surface area (Å²) in [7, 11) is -3.69. The molecule has 0 spiro atoms. The van der Waals surface area contributed by atoms with Gasteiger partial charge < -0.3 is 10.6 Å². The van der Waals surface area contributed by atoms with E-state index in [-0.39, 0.29) is 36.2 Å². The van der Waals surface area contributed by atoms with Gasteiger partial charge in [-0.05, 0) is 49.2 Å². The lowest BCUT2D eigenvalue weighted by Gasteiger charge is -2.31. The summed E-state index contributed by atoms with van der Waals surface area (Å²) in [6, 6.07) is 9.41. The van der Waals surface area contributed by atoms with Crippen LogP contribution in [0, 0.1) is 5.92 Å². The predicted octanol–water partition coefficient (Wildman–Crippen LogP) is 2.28. The molecule has 0 aliphatic carbocycles. The lowest BCUT2D eigenvalue weighted by Crippen LogP contribution is -2.45. The number of hydrogen-bond acceptors (Lipinski definition) is 5. The van der Waals surface area contributed by atoms with Gasteiger partial charge in [0.05, 0.1) is 22.7 Å². The zero-order valence-electron chi connectivity index (χ0n) is 16.3. The van der Waals surface area contributed by atoms with Crippen molar-refractivity contribution in [3.05, 3.63) is 53.8 Å². The molecule has 2 N–H and O–H groups in total. The molecule has 2 heterocycles. The minimum Gasteiger partial charge on any atom is -0.355 e. The Labute approximate surface area is 180 Å². The van der Waals surface area contributed by atoms with E-state index in [0.717, 1.165) is 0 Å². The molecule has 0 saturated carbocycles. The standard InChI is InChI=1S/C20H23ClN4O4S/c21-16-5-7-18(8-6-16)30(28,29)25-12-2-3-15(14-25)20(27)23-11-9-19(26)24-17-4-1-10-22-13-17/h1,4-8,10,13,15H,2-3,9,11-12,14H2,(H,23,27)(H,24,26). The summed E-state index contributed by atoms with van der Waals surface area (Å²) in [6.45, 7) is 0.645. The topological polar surface area (TPSA) is 108 Å². The average molecular weight is 451 g/mol. The van der Waals surface area contributed by atoms with Crippen molar-refractivity contribution in [1.29, 1.82) is 0 Å². The smallest absolute Gasteiger partial charge is 0.243 e. The predicted molar refractivity (Wildman–Crippen MR) is 113 cm³/mol. The van der Waals surface area contributed by atoms with Crippen LogP contribution in [0.3, 0.4) is 0 Å². The van der Waals surface area contributed by atoms with Gasteiger partial charge in [0.25, 0.3) is 0 Å². The number of carbonyl (C=O) groups excluding carboxylic acids is 2. The van der Waals surface area contributed by atoms with E-state index in [9.17, 15) is 18.0 Å². The van der Waals surface area contributed by atoms with Gasteiger partial charge in [-0.1, -0.05) is 11.6 Å². The highest BCUT2D eigenvalue weighted by Crippen LogP contribution is 2.24. The molecular weight excluding hydrogens is 428 g/mol. The number of nitrogens with one attached hydrogen (secondary N) is 2. The number of amides is 2. The van der Waals surface area contributed by atoms with Gasteiger partial charge in [0, 0.05) is 37.3 Å². The quantitative estimate of drug-likeness (QED) is 0.672. The van der Waals surface area contributed by atoms with Crippen LogP contribution in [0.15, 0.2) is 53.7 Å². The minimum atomic E-state index is -3.69. The molecule has 1 aromatic carbocycles. The van der Waals surface area contributed by atoms with Crippen LogP contribution in [0.5, 0.6) is 0 Å². The molecule has 1 unspecified atom stereocenters. The van der Waals surface area contributed by atoms with Gasteiger partial charge >= 0.3 is 0 Å². The maximum Gasteiger partial charge on any atom is 0.243 e. The first-order valence-electron chi connectivity index (χ1n) is 9.59. The zero-order valence-corrected chi connectivity index (χ0v) is 17.8. The number of carbonyl (C=O) groups is 2. The molecule has 1 saturated heterocycles. The Balaban J connectivity index is 1.50. The molecule has 1 atom stereocenters. The Hall–Kier alpha value is -2.49. The van der Waals surface area contributed by atoms with E-state index < -0.39 is 15.9 Å². The first-order chi connectivity index (χ1) is 14.4. The number of benzene rings is 1. The lowest BCUT2D eigenvalue weighted by molar-refractivity contribution is -0.126. The molecule has 1 aromatic heterocycles. The zero-order chi connectivity index (χ0) is 21.6. The van der Waals surface area contributed by atoms with E-state index in [2.05, 4.69) is 15.6 Å². The van der Waals surface area contributed by atoms with Crippen LogP contribution >= 0.6 is 11.6 Å². The maximum atomic E-state index is 12.8. The fourth-order valence-electron chi connectivity index (χ4n) is 3.23. The van der Waals surface area contributed by atoms with E-state index in [4.69, 9.17) is 11.6 Å². The second-order valence-corrected chi connectivity index (χ2v) is 9.36. The number of halogens is 1. The Bertz CT molecular complexity index is 984. The molecule has 3 rings (SSSR count). The van der Waals surface area contributed by atoms with Crippen LogP contribution in [0.1, 0.15) is 19.3 Å². The Kier molecular flexibility index (Phi) is 7.41. The molecule has 0 radical (unpaired) electrons. The summed E-state index contributed by atoms with van der Waals surface area (Å²) in [5.74, 6) is -0.943. The van der Waals surface area contributed by atoms with E-state index >= 15 is 0 Å². The summed E-state index contributed by atoms with van der Waals surface area (Å²) in [5, 5.41) is 5.88. The number of nitrogens with zero attached hydrogens (tertiary/aromatic N) is 2. The molecule has 2 amide bonds. The molecule has 8 nitrogen and oxygen atoms in total. The molecule has 1 aliphatic heterocycles. The Morgan fingerprint density at radius 3 is 2.67 bits per heavy atom. The summed E-state index contributed by atoms with van der Waals surface area (Å²) in [4.78, 5) is 28.5. The van der Waals surface area contributed by atoms with Crippen molar-refractivity contribution in [2.75, 3.05) is 25.0 Å². The highest BCUT2D eigenvalue weighted by atomic mass is 35.5. The number of anilines is 1. The molecule has 10 heteroatoms. The van der Waals surface area contributed by atoms with Crippen LogP contribution in [-0.4, -0.2) is 49.2 Å². The van der Waals surface area contributed by atoms with Crippen LogP contribution in [0.25, 0.3) is 0 Å². The number of aromatic nitrogens is 1. The molecule has 160 valence electrons. The van der Waals surface area contributed by atoms with Gasteiger partial charge in [0.2, 0.25) is 21.8 Å². The fourth-order valence-corrected chi connectivity index (χ4v) is 4.88. The molecule has 0 bridgehead atoms. The highest BCUT2D eigenvalue weighted by Gasteiger charge is 2.33. The minimum absolute atomic E-state index is 0.110. The summed E-state index contributed by atoms with van der Waals surface area (Å²) >= 11 is 5.84. The van der Waals surface area contributed by atoms with Crippen molar-refractivity contribution in [1.82, 2.24) is 14.6 Å². The van der Waals surface area contributed by atoms with Crippen molar-refractivity contribution in [3.8, 4) is 0 Å². The van der Waals surface area contributed by atoms with Crippen molar-refractivity contribution in [2.24, 2.45) is 5.92 Å². The van der Waals surface area contributed by atoms with Gasteiger partial charge in [0.1, 0.15) is 0 Å². The first kappa shape index (κ1) is 22.2. The maximum absolute atomic E-state index is 12.8. The second-order valence-electron chi connectivity index (χ2n) is 6.99. The van der Waals surface area contributed by atoms with Gasteiger partial charge in [-0.15, -0.1) is 0 Å². The summed E-state index contributed by atoms with van der Waals surface area (Å²) < 4.78 is 27.0. The Morgan fingerprint density at radius 2 is 1.97 bits per heavy atom. The van der Waals surface area contributed by atoms with Gasteiger partial charge in [0.15, 0.2) is 0 Å². The second kappa shape index (κ2) is 10.0. The van der Waals surface area contributed by atoms with Crippen LogP contribution in [-0.2, 0) is 19.6 Å². The fraction of sp³-hybridized carbons (Fsp3) is 0.350. The third-order valence-corrected chi connectivity index (χ3v) is 6.93. The van der Waals surface area contributed by atoms with E-state index in [1.165, 1.54) is 34.8 Å². The number of sulfonamides is 1. The van der Waals surface area contributed by atoms with Crippen LogP contribution < -0.4 is 10.6 Å². The first-order valence-corrected chi connectivity index (χ1v) is 11.4. The molecule has 2 aromatic rings. The number of pyridine rings is 1. The molecule has 1 fully saturated rings. The van der Waals surface area contributed by atoms with Crippen LogP contribution in [0.2, 0.25) is 5.02 Å². The van der Waals surface area contributed by atoms with E-state index in [1.54, 1.807) is 18.3 Å². The third-order valence-electron chi connectivity index (χ3n) is 4.80. The number of hydrogen-bond donors (Lipinski definition) is 2. The van der Waals surface area contributed by atoms with Crippen LogP contribution in [0.4, 0.5) is 5.69 Å². The van der Waals surface area contributed by atoms with Crippen molar-refractivity contribution >= 4 is 39.1 Å². The monoisotopic (exact) mass is 450 g/mol. The Morgan fingerprint density at radius 1 is 1.20 bits per heavy atom. The highest BCUT2D eigenvalue weighted by molar-refractivity contribution is 7.89. The average Bonchev–Trinajstić information content (AvgIpc) is 2.75. The van der Waals surface area contributed by atoms with Gasteiger partial charge in [-0.25, -0.2) is 8.42 Å².